The summed E-state index contributed by atoms with van der Waals surface area (Å²) in [6.07, 6.45) is 0. The molecule has 0 aromatic rings. The second-order valence-corrected chi connectivity index (χ2v) is 5.68. The smallest absolute Gasteiger partial charge is 0.307 e. The summed E-state index contributed by atoms with van der Waals surface area (Å²) in [7, 11) is 5.62. The van der Waals surface area contributed by atoms with Gasteiger partial charge in [0.25, 0.3) is 0 Å². The first-order valence-corrected chi connectivity index (χ1v) is 5.82. The molecule has 5 nitrogen and oxygen atoms in total. The van der Waals surface area contributed by atoms with Crippen molar-refractivity contribution in [2.75, 3.05) is 34.2 Å². The second-order valence-electron chi connectivity index (χ2n) is 5.68. The Morgan fingerprint density at radius 2 is 1.65 bits per heavy atom. The predicted molar refractivity (Wildman–Crippen MR) is 64.6 cm³/mol. The van der Waals surface area contributed by atoms with Crippen molar-refractivity contribution in [2.45, 2.75) is 13.8 Å². The van der Waals surface area contributed by atoms with Gasteiger partial charge in [-0.3, -0.25) is 9.59 Å². The molecule has 1 aliphatic carbocycles. The van der Waals surface area contributed by atoms with E-state index >= 15 is 0 Å². The van der Waals surface area contributed by atoms with E-state index in [1.807, 2.05) is 32.8 Å². The molecule has 5 heteroatoms. The molecule has 98 valence electrons. The third-order valence-corrected chi connectivity index (χ3v) is 3.62. The van der Waals surface area contributed by atoms with E-state index in [2.05, 4.69) is 0 Å². The van der Waals surface area contributed by atoms with Crippen molar-refractivity contribution in [1.82, 2.24) is 9.80 Å². The van der Waals surface area contributed by atoms with Gasteiger partial charge in [-0.25, -0.2) is 0 Å². The monoisotopic (exact) mass is 242 g/mol. The lowest BCUT2D eigenvalue weighted by atomic mass is 10.1. The first-order valence-electron chi connectivity index (χ1n) is 5.82. The van der Waals surface area contributed by atoms with E-state index in [9.17, 15) is 9.59 Å². The molecule has 1 rings (SSSR count). The number of aliphatic carboxylic acids is 1. The number of carbonyl (C=O) groups is 2. The number of rotatable bonds is 5. The molecule has 0 spiro atoms. The molecule has 1 amide bonds. The average molecular weight is 242 g/mol. The van der Waals surface area contributed by atoms with Crippen molar-refractivity contribution < 1.29 is 14.7 Å². The van der Waals surface area contributed by atoms with Crippen molar-refractivity contribution in [1.29, 1.82) is 0 Å². The molecule has 17 heavy (non-hydrogen) atoms. The Balaban J connectivity index is 2.57. The van der Waals surface area contributed by atoms with Gasteiger partial charge in [0.2, 0.25) is 5.91 Å². The van der Waals surface area contributed by atoms with Gasteiger partial charge in [-0.1, -0.05) is 13.8 Å². The van der Waals surface area contributed by atoms with Crippen LogP contribution < -0.4 is 0 Å². The molecule has 0 saturated heterocycles. The Kier molecular flexibility index (Phi) is 3.81. The summed E-state index contributed by atoms with van der Waals surface area (Å²) >= 11 is 0. The highest BCUT2D eigenvalue weighted by Crippen LogP contribution is 2.58. The molecule has 1 aliphatic rings. The Morgan fingerprint density at radius 1 is 1.12 bits per heavy atom. The van der Waals surface area contributed by atoms with Gasteiger partial charge >= 0.3 is 5.97 Å². The van der Waals surface area contributed by atoms with Crippen LogP contribution in [0.4, 0.5) is 0 Å². The molecule has 1 saturated carbocycles. The van der Waals surface area contributed by atoms with Gasteiger partial charge in [-0.15, -0.1) is 0 Å². The van der Waals surface area contributed by atoms with Gasteiger partial charge in [-0.2, -0.15) is 0 Å². The lowest BCUT2D eigenvalue weighted by Gasteiger charge is -2.20. The summed E-state index contributed by atoms with van der Waals surface area (Å²) in [6.45, 7) is 5.10. The molecular formula is C12H22N2O3. The van der Waals surface area contributed by atoms with Crippen LogP contribution in [0.15, 0.2) is 0 Å². The summed E-state index contributed by atoms with van der Waals surface area (Å²) in [5, 5.41) is 9.03. The summed E-state index contributed by atoms with van der Waals surface area (Å²) in [5.74, 6) is -1.82. The van der Waals surface area contributed by atoms with E-state index < -0.39 is 17.3 Å². The fourth-order valence-corrected chi connectivity index (χ4v) is 2.26. The van der Waals surface area contributed by atoms with Crippen LogP contribution in [0.3, 0.4) is 0 Å². The SMILES string of the molecule is CN(C)CCN(C)C(=O)[C@H]1[C@@H](C(=O)O)C1(C)C. The van der Waals surface area contributed by atoms with Crippen molar-refractivity contribution in [3.8, 4) is 0 Å². The maximum atomic E-state index is 12.1. The molecule has 0 heterocycles. The quantitative estimate of drug-likeness (QED) is 0.756. The standard InChI is InChI=1S/C12H22N2O3/c1-12(2)8(9(12)11(16)17)10(15)14(5)7-6-13(3)4/h8-9H,6-7H2,1-5H3,(H,16,17)/t8-,9+/m1/s1. The number of carboxylic acids is 1. The lowest BCUT2D eigenvalue weighted by molar-refractivity contribution is -0.141. The van der Waals surface area contributed by atoms with E-state index in [1.165, 1.54) is 0 Å². The van der Waals surface area contributed by atoms with Crippen LogP contribution in [0.2, 0.25) is 0 Å². The fraction of sp³-hybridized carbons (Fsp3) is 0.833. The fourth-order valence-electron chi connectivity index (χ4n) is 2.26. The third kappa shape index (κ3) is 2.77. The van der Waals surface area contributed by atoms with Crippen LogP contribution in [0.5, 0.6) is 0 Å². The van der Waals surface area contributed by atoms with Crippen molar-refractivity contribution in [3.63, 3.8) is 0 Å². The van der Waals surface area contributed by atoms with Gasteiger partial charge in [0.15, 0.2) is 0 Å². The average Bonchev–Trinajstić information content (AvgIpc) is 2.76. The summed E-state index contributed by atoms with van der Waals surface area (Å²) < 4.78 is 0. The van der Waals surface area contributed by atoms with Gasteiger partial charge in [0, 0.05) is 20.1 Å². The zero-order valence-corrected chi connectivity index (χ0v) is 11.2. The zero-order valence-electron chi connectivity index (χ0n) is 11.2. The van der Waals surface area contributed by atoms with E-state index in [0.29, 0.717) is 6.54 Å². The number of hydrogen-bond donors (Lipinski definition) is 1. The summed E-state index contributed by atoms with van der Waals surface area (Å²) in [5.41, 5.74) is -0.407. The van der Waals surface area contributed by atoms with Crippen LogP contribution in [0.1, 0.15) is 13.8 Å². The van der Waals surface area contributed by atoms with Crippen molar-refractivity contribution in [3.05, 3.63) is 0 Å². The zero-order chi connectivity index (χ0) is 13.4. The number of likely N-dealkylation sites (N-methyl/N-ethyl adjacent to an activating group) is 2. The summed E-state index contributed by atoms with van der Waals surface area (Å²) in [4.78, 5) is 26.7. The minimum Gasteiger partial charge on any atom is -0.481 e. The van der Waals surface area contributed by atoms with E-state index in [0.717, 1.165) is 6.54 Å². The maximum absolute atomic E-state index is 12.1. The summed E-state index contributed by atoms with van der Waals surface area (Å²) in [6, 6.07) is 0. The Labute approximate surface area is 102 Å². The first-order chi connectivity index (χ1) is 7.69. The number of hydrogen-bond acceptors (Lipinski definition) is 3. The number of carbonyl (C=O) groups excluding carboxylic acids is 1. The van der Waals surface area contributed by atoms with Crippen LogP contribution in [0.25, 0.3) is 0 Å². The molecule has 0 aromatic heterocycles. The molecule has 1 fully saturated rings. The lowest BCUT2D eigenvalue weighted by Crippen LogP contribution is -2.35. The topological polar surface area (TPSA) is 60.9 Å². The second kappa shape index (κ2) is 4.64. The van der Waals surface area contributed by atoms with Gasteiger partial charge < -0.3 is 14.9 Å². The van der Waals surface area contributed by atoms with Crippen molar-refractivity contribution >= 4 is 11.9 Å². The van der Waals surface area contributed by atoms with Crippen LogP contribution >= 0.6 is 0 Å². The molecular weight excluding hydrogens is 220 g/mol. The predicted octanol–water partition coefficient (Wildman–Crippen LogP) is 0.363. The van der Waals surface area contributed by atoms with E-state index in [1.54, 1.807) is 11.9 Å². The molecule has 0 aliphatic heterocycles. The highest BCUT2D eigenvalue weighted by atomic mass is 16.4. The Hall–Kier alpha value is -1.10. The molecule has 2 atom stereocenters. The van der Waals surface area contributed by atoms with Crippen LogP contribution in [-0.2, 0) is 9.59 Å². The third-order valence-electron chi connectivity index (χ3n) is 3.62. The largest absolute Gasteiger partial charge is 0.481 e. The van der Waals surface area contributed by atoms with Crippen LogP contribution in [-0.4, -0.2) is 61.0 Å². The van der Waals surface area contributed by atoms with E-state index in [4.69, 9.17) is 5.11 Å². The van der Waals surface area contributed by atoms with Gasteiger partial charge in [-0.05, 0) is 19.5 Å². The van der Waals surface area contributed by atoms with Crippen molar-refractivity contribution in [2.24, 2.45) is 17.3 Å². The first kappa shape index (κ1) is 14.0. The maximum Gasteiger partial charge on any atom is 0.307 e. The van der Waals surface area contributed by atoms with Gasteiger partial charge in [0.1, 0.15) is 0 Å². The number of amides is 1. The Bertz CT molecular complexity index is 326. The van der Waals surface area contributed by atoms with Gasteiger partial charge in [0.05, 0.1) is 11.8 Å². The highest BCUT2D eigenvalue weighted by Gasteiger charge is 2.66. The molecule has 0 radical (unpaired) electrons. The normalized spacial score (nSPS) is 25.8. The minimum atomic E-state index is -0.866. The van der Waals surface area contributed by atoms with Crippen LogP contribution in [0, 0.1) is 17.3 Å². The molecule has 1 N–H and O–H groups in total. The number of carboxylic acid groups (broad SMARTS) is 1. The van der Waals surface area contributed by atoms with E-state index in [-0.39, 0.29) is 11.8 Å². The minimum absolute atomic E-state index is 0.0516. The molecule has 0 aromatic carbocycles. The number of nitrogens with zero attached hydrogens (tertiary/aromatic N) is 2. The molecule has 0 unspecified atom stereocenters. The molecule has 0 bridgehead atoms. The Morgan fingerprint density at radius 3 is 2.00 bits per heavy atom. The highest BCUT2D eigenvalue weighted by molar-refractivity contribution is 5.91.